The number of rotatable bonds is 8. The largest absolute Gasteiger partial charge is 0.479 e. The molecule has 0 spiro atoms. The number of hydrogen-bond donors (Lipinski definition) is 6. The minimum atomic E-state index is -2.27. The van der Waals surface area contributed by atoms with Crippen molar-refractivity contribution in [2.24, 2.45) is 11.8 Å². The first-order valence-corrected chi connectivity index (χ1v) is 12.7. The van der Waals surface area contributed by atoms with Crippen molar-refractivity contribution in [2.45, 2.75) is 31.5 Å². The summed E-state index contributed by atoms with van der Waals surface area (Å²) >= 11 is 6.22. The molecule has 0 radical (unpaired) electrons. The summed E-state index contributed by atoms with van der Waals surface area (Å²) in [6.45, 7) is 5.81. The number of ether oxygens (including phenoxy) is 1. The van der Waals surface area contributed by atoms with Crippen molar-refractivity contribution >= 4 is 46.0 Å². The molecule has 38 heavy (non-hydrogen) atoms. The van der Waals surface area contributed by atoms with Crippen LogP contribution < -0.4 is 11.1 Å². The molecule has 1 aromatic carbocycles. The highest BCUT2D eigenvalue weighted by molar-refractivity contribution is 6.35. The topological polar surface area (TPSA) is 196 Å². The molecule has 0 aliphatic carbocycles. The van der Waals surface area contributed by atoms with Crippen LogP contribution in [0.4, 0.5) is 5.69 Å². The minimum Gasteiger partial charge on any atom is -0.479 e. The Bertz CT molecular complexity index is 1120. The second-order valence-electron chi connectivity index (χ2n) is 9.47. The van der Waals surface area contributed by atoms with Crippen LogP contribution in [-0.4, -0.2) is 99.8 Å². The molecular formula is C25H33ClN4O8. The number of halogens is 1. The van der Waals surface area contributed by atoms with Crippen molar-refractivity contribution in [2.75, 3.05) is 45.1 Å². The molecule has 2 aliphatic heterocycles. The number of carboxylic acids is 2. The quantitative estimate of drug-likeness (QED) is 0.254. The van der Waals surface area contributed by atoms with E-state index in [9.17, 15) is 14.4 Å². The number of nitrogens with two attached hydrogens (primary N) is 1. The lowest BCUT2D eigenvalue weighted by molar-refractivity contribution is -0.165. The fraction of sp³-hybridized carbons (Fsp3) is 0.520. The Kier molecular flexibility index (Phi) is 10.6. The van der Waals surface area contributed by atoms with Crippen molar-refractivity contribution in [3.8, 4) is 0 Å². The Morgan fingerprint density at radius 3 is 2.37 bits per heavy atom. The standard InChI is InChI=1S/C21H27ClN4O2.C4H6O6/c22-18-10-17(20-16(19(18)23)2-1-6-24-20)21(27)25-11-14-3-7-26(8-4-14)12-15-5-9-28-13-15;5-1(3(7)8)2(6)4(9)10/h1-2,6,10,14-15H,3-5,7-9,11-13,23H2,(H,25,27);1-2,5-6H,(H,7,8)(H,9,10)/t;1-,2-/m.1/s1. The number of fused-ring (bicyclic) bond motifs is 1. The third-order valence-electron chi connectivity index (χ3n) is 6.73. The normalized spacial score (nSPS) is 19.8. The smallest absolute Gasteiger partial charge is 0.335 e. The van der Waals surface area contributed by atoms with Crippen LogP contribution in [0.3, 0.4) is 0 Å². The molecule has 208 valence electrons. The number of nitrogens with one attached hydrogen (secondary N) is 1. The number of amides is 1. The fourth-order valence-electron chi connectivity index (χ4n) is 4.48. The lowest BCUT2D eigenvalue weighted by atomic mass is 9.95. The van der Waals surface area contributed by atoms with Gasteiger partial charge in [-0.25, -0.2) is 9.59 Å². The van der Waals surface area contributed by atoms with Gasteiger partial charge in [-0.1, -0.05) is 11.6 Å². The highest BCUT2D eigenvalue weighted by Gasteiger charge is 2.29. The maximum atomic E-state index is 12.8. The van der Waals surface area contributed by atoms with Crippen LogP contribution in [0.5, 0.6) is 0 Å². The summed E-state index contributed by atoms with van der Waals surface area (Å²) < 4.78 is 5.48. The van der Waals surface area contributed by atoms with Gasteiger partial charge in [0.05, 0.1) is 28.4 Å². The van der Waals surface area contributed by atoms with Gasteiger partial charge in [-0.15, -0.1) is 0 Å². The van der Waals surface area contributed by atoms with Crippen molar-refractivity contribution in [3.05, 3.63) is 35.0 Å². The zero-order valence-electron chi connectivity index (χ0n) is 20.8. The maximum Gasteiger partial charge on any atom is 0.335 e. The van der Waals surface area contributed by atoms with E-state index in [1.165, 1.54) is 6.42 Å². The third-order valence-corrected chi connectivity index (χ3v) is 7.04. The molecule has 2 aromatic rings. The van der Waals surface area contributed by atoms with Gasteiger partial charge in [-0.3, -0.25) is 9.78 Å². The van der Waals surface area contributed by atoms with Crippen LogP contribution in [0.25, 0.3) is 10.9 Å². The van der Waals surface area contributed by atoms with Crippen LogP contribution in [0, 0.1) is 11.8 Å². The molecule has 12 nitrogen and oxygen atoms in total. The number of nitrogens with zero attached hydrogens (tertiary/aromatic N) is 2. The number of carbonyl (C=O) groups is 3. The predicted molar refractivity (Wildman–Crippen MR) is 139 cm³/mol. The molecular weight excluding hydrogens is 520 g/mol. The van der Waals surface area contributed by atoms with Gasteiger partial charge in [0.1, 0.15) is 0 Å². The minimum absolute atomic E-state index is 0.142. The fourth-order valence-corrected chi connectivity index (χ4v) is 4.69. The van der Waals surface area contributed by atoms with E-state index in [2.05, 4.69) is 15.2 Å². The van der Waals surface area contributed by atoms with E-state index < -0.39 is 24.1 Å². The zero-order valence-corrected chi connectivity index (χ0v) is 21.5. The number of carboxylic acid groups (broad SMARTS) is 2. The summed E-state index contributed by atoms with van der Waals surface area (Å²) in [6, 6.07) is 5.25. The van der Waals surface area contributed by atoms with E-state index in [-0.39, 0.29) is 5.91 Å². The summed E-state index contributed by atoms with van der Waals surface area (Å²) in [6.07, 6.45) is 0.528. The number of benzene rings is 1. The number of aliphatic hydroxyl groups excluding tert-OH is 2. The first-order chi connectivity index (χ1) is 18.1. The molecule has 13 heteroatoms. The summed E-state index contributed by atoms with van der Waals surface area (Å²) in [5, 5.41) is 36.7. The number of aromatic nitrogens is 1. The van der Waals surface area contributed by atoms with E-state index in [1.807, 2.05) is 6.07 Å². The van der Waals surface area contributed by atoms with Crippen molar-refractivity contribution in [3.63, 3.8) is 0 Å². The SMILES string of the molecule is Nc1c(Cl)cc(C(=O)NCC2CCN(CC3CCOC3)CC2)c2ncccc12.O=C(O)[C@H](O)[C@@H](O)C(=O)O. The molecule has 0 bridgehead atoms. The van der Waals surface area contributed by atoms with Gasteiger partial charge in [0.25, 0.3) is 5.91 Å². The number of nitrogen functional groups attached to an aromatic ring is 1. The Morgan fingerprint density at radius 1 is 1.13 bits per heavy atom. The van der Waals surface area contributed by atoms with E-state index in [0.29, 0.717) is 45.6 Å². The van der Waals surface area contributed by atoms with Crippen LogP contribution in [-0.2, 0) is 14.3 Å². The highest BCUT2D eigenvalue weighted by atomic mass is 35.5. The van der Waals surface area contributed by atoms with Gasteiger partial charge in [-0.05, 0) is 62.4 Å². The first-order valence-electron chi connectivity index (χ1n) is 12.3. The number of aliphatic carboxylic acids is 2. The molecule has 1 unspecified atom stereocenters. The summed E-state index contributed by atoms with van der Waals surface area (Å²) in [7, 11) is 0. The number of aliphatic hydroxyl groups is 2. The number of piperidine rings is 1. The second-order valence-corrected chi connectivity index (χ2v) is 9.88. The summed E-state index contributed by atoms with van der Waals surface area (Å²) in [5.41, 5.74) is 7.57. The zero-order chi connectivity index (χ0) is 27.8. The van der Waals surface area contributed by atoms with Crippen molar-refractivity contribution < 1.29 is 39.5 Å². The molecule has 2 fully saturated rings. The lowest BCUT2D eigenvalue weighted by Crippen LogP contribution is -2.40. The molecule has 1 aromatic heterocycles. The Balaban J connectivity index is 0.000000342. The van der Waals surface area contributed by atoms with E-state index >= 15 is 0 Å². The Morgan fingerprint density at radius 2 is 1.79 bits per heavy atom. The van der Waals surface area contributed by atoms with E-state index in [1.54, 1.807) is 18.3 Å². The highest BCUT2D eigenvalue weighted by Crippen LogP contribution is 2.30. The van der Waals surface area contributed by atoms with E-state index in [0.717, 1.165) is 45.7 Å². The van der Waals surface area contributed by atoms with Gasteiger partial charge >= 0.3 is 11.9 Å². The van der Waals surface area contributed by atoms with Gasteiger partial charge in [-0.2, -0.15) is 0 Å². The first kappa shape index (κ1) is 29.5. The summed E-state index contributed by atoms with van der Waals surface area (Å²) in [4.78, 5) is 39.2. The molecule has 4 rings (SSSR count). The molecule has 0 saturated carbocycles. The van der Waals surface area contributed by atoms with Gasteiger partial charge in [0, 0.05) is 31.3 Å². The number of hydrogen-bond acceptors (Lipinski definition) is 9. The Labute approximate surface area is 224 Å². The average Bonchev–Trinajstić information content (AvgIpc) is 3.42. The molecule has 2 saturated heterocycles. The number of carbonyl (C=O) groups excluding carboxylic acids is 1. The molecule has 7 N–H and O–H groups in total. The van der Waals surface area contributed by atoms with Gasteiger partial charge in [0.2, 0.25) is 0 Å². The lowest BCUT2D eigenvalue weighted by Gasteiger charge is -2.33. The molecule has 1 amide bonds. The maximum absolute atomic E-state index is 12.8. The molecule has 3 atom stereocenters. The number of anilines is 1. The van der Waals surface area contributed by atoms with Gasteiger partial charge in [0.15, 0.2) is 12.2 Å². The van der Waals surface area contributed by atoms with Gasteiger partial charge < -0.3 is 41.1 Å². The monoisotopic (exact) mass is 552 g/mol. The van der Waals surface area contributed by atoms with Crippen LogP contribution in [0.2, 0.25) is 5.02 Å². The number of likely N-dealkylation sites (tertiary alicyclic amines) is 1. The predicted octanol–water partition coefficient (Wildman–Crippen LogP) is 0.826. The van der Waals surface area contributed by atoms with Crippen molar-refractivity contribution in [1.82, 2.24) is 15.2 Å². The van der Waals surface area contributed by atoms with Crippen molar-refractivity contribution in [1.29, 1.82) is 0 Å². The van der Waals surface area contributed by atoms with Crippen LogP contribution in [0.1, 0.15) is 29.6 Å². The molecule has 2 aliphatic rings. The Hall–Kier alpha value is -3.03. The number of pyridine rings is 1. The van der Waals surface area contributed by atoms with Crippen LogP contribution in [0.15, 0.2) is 24.4 Å². The molecule has 3 heterocycles. The summed E-state index contributed by atoms with van der Waals surface area (Å²) in [5.74, 6) is -2.49. The third kappa shape index (κ3) is 7.74. The van der Waals surface area contributed by atoms with Crippen LogP contribution >= 0.6 is 11.6 Å². The van der Waals surface area contributed by atoms with E-state index in [4.69, 9.17) is 42.5 Å². The second kappa shape index (κ2) is 13.7. The average molecular weight is 553 g/mol.